The van der Waals surface area contributed by atoms with Crippen LogP contribution < -0.4 is 10.5 Å². The maximum Gasteiger partial charge on any atom is 0.293 e. The Bertz CT molecular complexity index is 895. The molecule has 1 amide bonds. The van der Waals surface area contributed by atoms with E-state index >= 15 is 0 Å². The molecule has 1 aliphatic carbocycles. The molecule has 0 bridgehead atoms. The molecule has 1 aliphatic heterocycles. The van der Waals surface area contributed by atoms with Gasteiger partial charge in [0.1, 0.15) is 0 Å². The first kappa shape index (κ1) is 18.9. The molecule has 2 aromatic heterocycles. The molecule has 2 fully saturated rings. The summed E-state index contributed by atoms with van der Waals surface area (Å²) in [6, 6.07) is 1.82. The van der Waals surface area contributed by atoms with Gasteiger partial charge in [-0.1, -0.05) is 32.1 Å². The largest absolute Gasteiger partial charge is 0.348 e. The smallest absolute Gasteiger partial charge is 0.293 e. The van der Waals surface area contributed by atoms with Crippen LogP contribution in [0.3, 0.4) is 0 Å². The fourth-order valence-electron chi connectivity index (χ4n) is 4.49. The van der Waals surface area contributed by atoms with Crippen molar-refractivity contribution in [3.63, 3.8) is 0 Å². The fourth-order valence-corrected chi connectivity index (χ4v) is 4.49. The monoisotopic (exact) mass is 383 g/mol. The molecule has 7 nitrogen and oxygen atoms in total. The molecule has 3 heterocycles. The van der Waals surface area contributed by atoms with Crippen molar-refractivity contribution in [3.8, 4) is 0 Å². The van der Waals surface area contributed by atoms with Crippen LogP contribution in [0.2, 0.25) is 0 Å². The maximum absolute atomic E-state index is 12.7. The number of hydrogen-bond donors (Lipinski definition) is 0. The first-order valence-corrected chi connectivity index (χ1v) is 10.5. The Labute approximate surface area is 165 Å². The molecule has 1 saturated carbocycles. The van der Waals surface area contributed by atoms with Gasteiger partial charge in [0, 0.05) is 45.8 Å². The minimum atomic E-state index is -0.113. The first-order chi connectivity index (χ1) is 13.6. The van der Waals surface area contributed by atoms with Gasteiger partial charge in [-0.25, -0.2) is 4.98 Å². The number of piperazine rings is 1. The van der Waals surface area contributed by atoms with Crippen molar-refractivity contribution in [2.75, 3.05) is 31.1 Å². The van der Waals surface area contributed by atoms with Crippen molar-refractivity contribution in [1.29, 1.82) is 0 Å². The van der Waals surface area contributed by atoms with E-state index in [-0.39, 0.29) is 11.5 Å². The van der Waals surface area contributed by atoms with Gasteiger partial charge in [0.05, 0.1) is 17.2 Å². The number of aryl methyl sites for hydroxylation is 1. The summed E-state index contributed by atoms with van der Waals surface area (Å²) in [5.41, 5.74) is 1.38. The topological polar surface area (TPSA) is 71.3 Å². The van der Waals surface area contributed by atoms with Crippen LogP contribution in [0.4, 0.5) is 5.82 Å². The highest BCUT2D eigenvalue weighted by atomic mass is 16.2. The van der Waals surface area contributed by atoms with Crippen molar-refractivity contribution in [3.05, 3.63) is 28.8 Å². The van der Waals surface area contributed by atoms with Crippen LogP contribution >= 0.6 is 0 Å². The normalized spacial score (nSPS) is 18.6. The Morgan fingerprint density at radius 2 is 1.89 bits per heavy atom. The summed E-state index contributed by atoms with van der Waals surface area (Å²) in [6.07, 6.45) is 11.6. The van der Waals surface area contributed by atoms with Gasteiger partial charge in [0.2, 0.25) is 5.91 Å². The third-order valence-corrected chi connectivity index (χ3v) is 6.28. The number of hydrogen-bond acceptors (Lipinski definition) is 5. The Morgan fingerprint density at radius 1 is 1.14 bits per heavy atom. The molecule has 28 heavy (non-hydrogen) atoms. The molecule has 2 aliphatic rings. The number of fused-ring (bicyclic) bond motifs is 1. The van der Waals surface area contributed by atoms with Crippen LogP contribution in [-0.4, -0.2) is 51.5 Å². The first-order valence-electron chi connectivity index (χ1n) is 10.5. The predicted octanol–water partition coefficient (Wildman–Crippen LogP) is 2.34. The fraction of sp³-hybridized carbons (Fsp3) is 0.619. The Morgan fingerprint density at radius 3 is 2.64 bits per heavy atom. The number of anilines is 1. The van der Waals surface area contributed by atoms with Gasteiger partial charge >= 0.3 is 0 Å². The molecule has 0 atom stereocenters. The van der Waals surface area contributed by atoms with Gasteiger partial charge in [-0.3, -0.25) is 14.6 Å². The molecule has 0 unspecified atom stereocenters. The van der Waals surface area contributed by atoms with Gasteiger partial charge in [0.25, 0.3) is 5.56 Å². The number of amides is 1. The lowest BCUT2D eigenvalue weighted by Gasteiger charge is -2.35. The van der Waals surface area contributed by atoms with Crippen LogP contribution in [-0.2, 0) is 11.8 Å². The van der Waals surface area contributed by atoms with E-state index in [1.165, 1.54) is 32.1 Å². The summed E-state index contributed by atoms with van der Waals surface area (Å²) in [4.78, 5) is 37.9. The average Bonchev–Trinajstić information content (AvgIpc) is 2.75. The second kappa shape index (κ2) is 8.29. The van der Waals surface area contributed by atoms with Gasteiger partial charge in [-0.15, -0.1) is 0 Å². The summed E-state index contributed by atoms with van der Waals surface area (Å²) in [6.45, 7) is 2.60. The molecule has 4 rings (SSSR count). The highest BCUT2D eigenvalue weighted by Gasteiger charge is 2.25. The zero-order valence-electron chi connectivity index (χ0n) is 16.6. The summed E-state index contributed by atoms with van der Waals surface area (Å²) >= 11 is 0. The van der Waals surface area contributed by atoms with Crippen molar-refractivity contribution in [2.24, 2.45) is 13.0 Å². The van der Waals surface area contributed by atoms with E-state index in [0.29, 0.717) is 38.4 Å². The maximum atomic E-state index is 12.7. The lowest BCUT2D eigenvalue weighted by molar-refractivity contribution is -0.131. The predicted molar refractivity (Wildman–Crippen MR) is 109 cm³/mol. The SMILES string of the molecule is Cn1c(=O)c(N2CCN(C(=O)CCC3CCCCC3)CC2)nc2ccncc21. The number of rotatable bonds is 4. The average molecular weight is 383 g/mol. The molecule has 1 saturated heterocycles. The van der Waals surface area contributed by atoms with E-state index in [0.717, 1.165) is 23.4 Å². The Balaban J connectivity index is 1.37. The van der Waals surface area contributed by atoms with E-state index in [1.807, 2.05) is 15.9 Å². The quantitative estimate of drug-likeness (QED) is 0.810. The van der Waals surface area contributed by atoms with Crippen LogP contribution in [0.1, 0.15) is 44.9 Å². The summed E-state index contributed by atoms with van der Waals surface area (Å²) in [7, 11) is 1.75. The zero-order valence-corrected chi connectivity index (χ0v) is 16.6. The minimum absolute atomic E-state index is 0.113. The molecule has 0 spiro atoms. The van der Waals surface area contributed by atoms with E-state index in [9.17, 15) is 9.59 Å². The van der Waals surface area contributed by atoms with Crippen molar-refractivity contribution in [1.82, 2.24) is 19.4 Å². The van der Waals surface area contributed by atoms with E-state index in [1.54, 1.807) is 24.0 Å². The van der Waals surface area contributed by atoms with E-state index in [2.05, 4.69) is 9.97 Å². The molecule has 150 valence electrons. The molecular weight excluding hydrogens is 354 g/mol. The van der Waals surface area contributed by atoms with Gasteiger partial charge in [-0.2, -0.15) is 0 Å². The van der Waals surface area contributed by atoms with Crippen molar-refractivity contribution < 1.29 is 4.79 Å². The van der Waals surface area contributed by atoms with Crippen LogP contribution in [0.5, 0.6) is 0 Å². The molecule has 0 N–H and O–H groups in total. The summed E-state index contributed by atoms with van der Waals surface area (Å²) < 4.78 is 1.60. The van der Waals surface area contributed by atoms with E-state index in [4.69, 9.17) is 0 Å². The lowest BCUT2D eigenvalue weighted by atomic mass is 9.86. The Kier molecular flexibility index (Phi) is 5.59. The number of pyridine rings is 1. The van der Waals surface area contributed by atoms with Crippen molar-refractivity contribution in [2.45, 2.75) is 44.9 Å². The third kappa shape index (κ3) is 3.88. The molecule has 0 aromatic carbocycles. The molecule has 0 radical (unpaired) electrons. The highest BCUT2D eigenvalue weighted by Crippen LogP contribution is 2.27. The van der Waals surface area contributed by atoms with Crippen molar-refractivity contribution >= 4 is 22.8 Å². The number of nitrogens with zero attached hydrogens (tertiary/aromatic N) is 5. The summed E-state index contributed by atoms with van der Waals surface area (Å²) in [5, 5.41) is 0. The number of aromatic nitrogens is 3. The van der Waals surface area contributed by atoms with Gasteiger partial charge in [0.15, 0.2) is 5.82 Å². The molecule has 2 aromatic rings. The summed E-state index contributed by atoms with van der Waals surface area (Å²) in [5.74, 6) is 1.46. The third-order valence-electron chi connectivity index (χ3n) is 6.28. The molecular formula is C21H29N5O2. The standard InChI is InChI=1S/C21H29N5O2/c1-24-18-15-22-10-9-17(18)23-20(21(24)28)26-13-11-25(12-14-26)19(27)8-7-16-5-3-2-4-6-16/h9-10,15-16H,2-8,11-14H2,1H3. The van der Waals surface area contributed by atoms with Crippen LogP contribution in [0, 0.1) is 5.92 Å². The Hall–Kier alpha value is -2.44. The van der Waals surface area contributed by atoms with Crippen LogP contribution in [0.25, 0.3) is 11.0 Å². The van der Waals surface area contributed by atoms with Gasteiger partial charge < -0.3 is 14.4 Å². The number of carbonyl (C=O) groups is 1. The number of carbonyl (C=O) groups excluding carboxylic acids is 1. The second-order valence-corrected chi connectivity index (χ2v) is 8.07. The van der Waals surface area contributed by atoms with Gasteiger partial charge in [-0.05, 0) is 18.4 Å². The highest BCUT2D eigenvalue weighted by molar-refractivity contribution is 5.77. The zero-order chi connectivity index (χ0) is 19.5. The van der Waals surface area contributed by atoms with Crippen LogP contribution in [0.15, 0.2) is 23.3 Å². The molecule has 7 heteroatoms. The second-order valence-electron chi connectivity index (χ2n) is 8.07. The minimum Gasteiger partial charge on any atom is -0.348 e. The van der Waals surface area contributed by atoms with E-state index < -0.39 is 0 Å². The lowest BCUT2D eigenvalue weighted by Crippen LogP contribution is -2.50.